The molecule has 0 radical (unpaired) electrons. The monoisotopic (exact) mass is 372 g/mol. The molecule has 0 aliphatic rings. The lowest BCUT2D eigenvalue weighted by Crippen LogP contribution is -2.31. The molecule has 144 valence electrons. The van der Waals surface area contributed by atoms with Crippen LogP contribution < -0.4 is 10.6 Å². The van der Waals surface area contributed by atoms with Gasteiger partial charge in [-0.05, 0) is 44.5 Å². The Kier molecular flexibility index (Phi) is 6.70. The lowest BCUT2D eigenvalue weighted by molar-refractivity contribution is -0.123. The van der Waals surface area contributed by atoms with Crippen LogP contribution >= 0.6 is 0 Å². The molecule has 0 spiro atoms. The average molecular weight is 372 g/mol. The third-order valence-electron chi connectivity index (χ3n) is 4.02. The van der Waals surface area contributed by atoms with E-state index in [-0.39, 0.29) is 17.5 Å². The third-order valence-corrected chi connectivity index (χ3v) is 4.02. The molecule has 1 heterocycles. The minimum atomic E-state index is -0.979. The van der Waals surface area contributed by atoms with Gasteiger partial charge in [-0.15, -0.1) is 0 Å². The van der Waals surface area contributed by atoms with Crippen molar-refractivity contribution in [3.05, 3.63) is 42.1 Å². The number of ether oxygens (including phenoxy) is 1. The van der Waals surface area contributed by atoms with Gasteiger partial charge in [0.1, 0.15) is 5.82 Å². The zero-order valence-corrected chi connectivity index (χ0v) is 15.9. The first-order chi connectivity index (χ1) is 12.8. The van der Waals surface area contributed by atoms with Gasteiger partial charge in [0.05, 0.1) is 17.8 Å². The number of esters is 1. The fourth-order valence-electron chi connectivity index (χ4n) is 2.34. The van der Waals surface area contributed by atoms with Crippen molar-refractivity contribution in [2.24, 2.45) is 0 Å². The predicted molar refractivity (Wildman–Crippen MR) is 101 cm³/mol. The molecule has 1 aromatic heterocycles. The topological polar surface area (TPSA) is 102 Å². The predicted octanol–water partition coefficient (Wildman–Crippen LogP) is 3.00. The van der Waals surface area contributed by atoms with Gasteiger partial charge in [0.25, 0.3) is 5.91 Å². The van der Waals surface area contributed by atoms with Crippen molar-refractivity contribution in [1.82, 2.24) is 9.78 Å². The summed E-state index contributed by atoms with van der Waals surface area (Å²) in [5.74, 6) is -0.713. The van der Waals surface area contributed by atoms with E-state index >= 15 is 0 Å². The molecule has 0 fully saturated rings. The van der Waals surface area contributed by atoms with Crippen molar-refractivity contribution in [2.75, 3.05) is 10.6 Å². The Balaban J connectivity index is 1.96. The van der Waals surface area contributed by atoms with Crippen LogP contribution in [0.3, 0.4) is 0 Å². The molecule has 2 rings (SSSR count). The number of hydrogen-bond acceptors (Lipinski definition) is 5. The SMILES string of the molecule is CC[C@H](C)n1nccc1NC(=O)[C@H](C)OC(=O)c1ccc(NC(C)=O)cc1. The Morgan fingerprint density at radius 3 is 2.37 bits per heavy atom. The number of amides is 2. The van der Waals surface area contributed by atoms with E-state index < -0.39 is 18.0 Å². The summed E-state index contributed by atoms with van der Waals surface area (Å²) < 4.78 is 6.94. The second-order valence-electron chi connectivity index (χ2n) is 6.21. The molecule has 0 unspecified atom stereocenters. The first-order valence-electron chi connectivity index (χ1n) is 8.74. The second kappa shape index (κ2) is 8.98. The van der Waals surface area contributed by atoms with Gasteiger partial charge in [-0.2, -0.15) is 5.10 Å². The highest BCUT2D eigenvalue weighted by atomic mass is 16.5. The summed E-state index contributed by atoms with van der Waals surface area (Å²) in [6, 6.07) is 8.06. The van der Waals surface area contributed by atoms with Gasteiger partial charge in [0.2, 0.25) is 5.91 Å². The normalized spacial score (nSPS) is 12.7. The largest absolute Gasteiger partial charge is 0.449 e. The summed E-state index contributed by atoms with van der Waals surface area (Å²) in [4.78, 5) is 35.6. The highest BCUT2D eigenvalue weighted by Gasteiger charge is 2.21. The van der Waals surface area contributed by atoms with Crippen LogP contribution in [0.15, 0.2) is 36.5 Å². The number of benzene rings is 1. The summed E-state index contributed by atoms with van der Waals surface area (Å²) in [6.07, 6.45) is 1.49. The van der Waals surface area contributed by atoms with Crippen LogP contribution in [-0.2, 0) is 14.3 Å². The van der Waals surface area contributed by atoms with E-state index in [1.807, 2.05) is 13.8 Å². The Morgan fingerprint density at radius 1 is 1.11 bits per heavy atom. The lowest BCUT2D eigenvalue weighted by atomic mass is 10.2. The Hall–Kier alpha value is -3.16. The maximum Gasteiger partial charge on any atom is 0.338 e. The second-order valence-corrected chi connectivity index (χ2v) is 6.21. The lowest BCUT2D eigenvalue weighted by Gasteiger charge is -2.17. The fraction of sp³-hybridized carbons (Fsp3) is 0.368. The maximum atomic E-state index is 12.3. The molecule has 0 aliphatic carbocycles. The summed E-state index contributed by atoms with van der Waals surface area (Å²) in [5.41, 5.74) is 0.858. The third kappa shape index (κ3) is 5.40. The van der Waals surface area contributed by atoms with E-state index in [2.05, 4.69) is 15.7 Å². The fourth-order valence-corrected chi connectivity index (χ4v) is 2.34. The van der Waals surface area contributed by atoms with Gasteiger partial charge in [0, 0.05) is 18.7 Å². The molecular weight excluding hydrogens is 348 g/mol. The molecule has 2 N–H and O–H groups in total. The molecule has 0 saturated carbocycles. The number of aromatic nitrogens is 2. The number of carbonyl (C=O) groups excluding carboxylic acids is 3. The van der Waals surface area contributed by atoms with Gasteiger partial charge in [-0.3, -0.25) is 9.59 Å². The summed E-state index contributed by atoms with van der Waals surface area (Å²) >= 11 is 0. The van der Waals surface area contributed by atoms with Gasteiger partial charge >= 0.3 is 5.97 Å². The van der Waals surface area contributed by atoms with Crippen molar-refractivity contribution in [3.8, 4) is 0 Å². The quantitative estimate of drug-likeness (QED) is 0.728. The van der Waals surface area contributed by atoms with E-state index in [4.69, 9.17) is 4.74 Å². The van der Waals surface area contributed by atoms with Crippen LogP contribution in [0.2, 0.25) is 0 Å². The zero-order valence-electron chi connectivity index (χ0n) is 15.9. The van der Waals surface area contributed by atoms with Gasteiger partial charge < -0.3 is 15.4 Å². The van der Waals surface area contributed by atoms with Crippen LogP contribution in [0, 0.1) is 0 Å². The molecule has 0 bridgehead atoms. The van der Waals surface area contributed by atoms with Crippen LogP contribution in [0.1, 0.15) is 50.5 Å². The highest BCUT2D eigenvalue weighted by Crippen LogP contribution is 2.17. The number of nitrogens with zero attached hydrogens (tertiary/aromatic N) is 2. The Labute approximate surface area is 157 Å². The maximum absolute atomic E-state index is 12.3. The molecule has 27 heavy (non-hydrogen) atoms. The van der Waals surface area contributed by atoms with Crippen LogP contribution in [0.5, 0.6) is 0 Å². The van der Waals surface area contributed by atoms with Crippen molar-refractivity contribution < 1.29 is 19.1 Å². The van der Waals surface area contributed by atoms with Crippen LogP contribution in [0.25, 0.3) is 0 Å². The van der Waals surface area contributed by atoms with Gasteiger partial charge in [-0.1, -0.05) is 6.92 Å². The number of carbonyl (C=O) groups is 3. The molecular formula is C19H24N4O4. The number of rotatable bonds is 7. The molecule has 1 aromatic carbocycles. The van der Waals surface area contributed by atoms with Crippen molar-refractivity contribution in [1.29, 1.82) is 0 Å². The number of anilines is 2. The van der Waals surface area contributed by atoms with E-state index in [1.165, 1.54) is 26.0 Å². The van der Waals surface area contributed by atoms with E-state index in [1.54, 1.807) is 29.1 Å². The first kappa shape index (κ1) is 20.2. The summed E-state index contributed by atoms with van der Waals surface area (Å²) in [6.45, 7) is 6.93. The molecule has 0 aliphatic heterocycles. The zero-order chi connectivity index (χ0) is 20.0. The number of hydrogen-bond donors (Lipinski definition) is 2. The highest BCUT2D eigenvalue weighted by molar-refractivity contribution is 5.97. The molecule has 2 atom stereocenters. The van der Waals surface area contributed by atoms with Crippen molar-refractivity contribution >= 4 is 29.3 Å². The first-order valence-corrected chi connectivity index (χ1v) is 8.74. The van der Waals surface area contributed by atoms with Crippen molar-refractivity contribution in [3.63, 3.8) is 0 Å². The smallest absolute Gasteiger partial charge is 0.338 e. The Morgan fingerprint density at radius 2 is 1.78 bits per heavy atom. The van der Waals surface area contributed by atoms with Gasteiger partial charge in [0.15, 0.2) is 6.10 Å². The van der Waals surface area contributed by atoms with Crippen LogP contribution in [-0.4, -0.2) is 33.7 Å². The summed E-state index contributed by atoms with van der Waals surface area (Å²) in [5, 5.41) is 9.54. The molecule has 2 aromatic rings. The molecule has 0 saturated heterocycles. The Bertz CT molecular complexity index is 813. The van der Waals surface area contributed by atoms with E-state index in [0.717, 1.165) is 6.42 Å². The van der Waals surface area contributed by atoms with Gasteiger partial charge in [-0.25, -0.2) is 9.48 Å². The summed E-state index contributed by atoms with van der Waals surface area (Å²) in [7, 11) is 0. The standard InChI is InChI=1S/C19H24N4O4/c1-5-12(2)23-17(10-11-20-23)22-18(25)13(3)27-19(26)15-6-8-16(9-7-15)21-14(4)24/h6-13H,5H2,1-4H3,(H,21,24)(H,22,25)/t12-,13-/m0/s1. The minimum Gasteiger partial charge on any atom is -0.449 e. The molecule has 8 nitrogen and oxygen atoms in total. The van der Waals surface area contributed by atoms with Crippen molar-refractivity contribution in [2.45, 2.75) is 46.3 Å². The van der Waals surface area contributed by atoms with Crippen LogP contribution in [0.4, 0.5) is 11.5 Å². The molecule has 8 heteroatoms. The number of nitrogens with one attached hydrogen (secondary N) is 2. The minimum absolute atomic E-state index is 0.135. The average Bonchev–Trinajstić information content (AvgIpc) is 3.09. The van der Waals surface area contributed by atoms with E-state index in [9.17, 15) is 14.4 Å². The van der Waals surface area contributed by atoms with E-state index in [0.29, 0.717) is 11.5 Å². The molecule has 2 amide bonds.